The first-order valence-corrected chi connectivity index (χ1v) is 21.5. The number of nitrogens with zero attached hydrogens (tertiary/aromatic N) is 3. The van der Waals surface area contributed by atoms with Gasteiger partial charge in [-0.2, -0.15) is 0 Å². The van der Waals surface area contributed by atoms with Crippen LogP contribution in [0.1, 0.15) is 0 Å². The van der Waals surface area contributed by atoms with Gasteiger partial charge in [0.15, 0.2) is 11.5 Å². The molecule has 2 aromatic heterocycles. The molecular formula is C59H39N3O2. The third kappa shape index (κ3) is 6.73. The molecular weight excluding hydrogens is 783 g/mol. The van der Waals surface area contributed by atoms with Crippen LogP contribution in [0.5, 0.6) is 11.5 Å². The largest absolute Gasteiger partial charge is 0.456 e. The van der Waals surface area contributed by atoms with Crippen LogP contribution in [0.2, 0.25) is 0 Å². The van der Waals surface area contributed by atoms with E-state index in [1.54, 1.807) is 0 Å². The van der Waals surface area contributed by atoms with Gasteiger partial charge in [0.2, 0.25) is 0 Å². The highest BCUT2D eigenvalue weighted by Crippen LogP contribution is 2.52. The molecule has 0 unspecified atom stereocenters. The Labute approximate surface area is 371 Å². The number of benzene rings is 9. The highest BCUT2D eigenvalue weighted by atomic mass is 16.5. The van der Waals surface area contributed by atoms with Crippen LogP contribution in [0.15, 0.2) is 241 Å². The van der Waals surface area contributed by atoms with Crippen molar-refractivity contribution < 1.29 is 9.15 Å². The predicted molar refractivity (Wildman–Crippen MR) is 263 cm³/mol. The lowest BCUT2D eigenvalue weighted by Gasteiger charge is -2.33. The normalized spacial score (nSPS) is 11.8. The minimum Gasteiger partial charge on any atom is -0.456 e. The van der Waals surface area contributed by atoms with Crippen molar-refractivity contribution in [2.45, 2.75) is 0 Å². The maximum absolute atomic E-state index is 6.72. The average molecular weight is 822 g/mol. The number of rotatable bonds is 8. The molecule has 0 amide bonds. The number of aromatic nitrogens is 1. The summed E-state index contributed by atoms with van der Waals surface area (Å²) in [6, 6.07) is 82.6. The molecule has 5 nitrogen and oxygen atoms in total. The molecule has 302 valence electrons. The van der Waals surface area contributed by atoms with Gasteiger partial charge in [-0.1, -0.05) is 152 Å². The summed E-state index contributed by atoms with van der Waals surface area (Å²) < 4.78 is 13.1. The second-order valence-electron chi connectivity index (χ2n) is 16.0. The highest BCUT2D eigenvalue weighted by molar-refractivity contribution is 6.06. The van der Waals surface area contributed by atoms with Gasteiger partial charge in [-0.25, -0.2) is 4.98 Å². The number of pyridine rings is 1. The van der Waals surface area contributed by atoms with Crippen molar-refractivity contribution in [3.05, 3.63) is 237 Å². The summed E-state index contributed by atoms with van der Waals surface area (Å²) >= 11 is 0. The van der Waals surface area contributed by atoms with Crippen LogP contribution in [-0.4, -0.2) is 4.98 Å². The van der Waals surface area contributed by atoms with E-state index in [2.05, 4.69) is 204 Å². The summed E-state index contributed by atoms with van der Waals surface area (Å²) in [5.41, 5.74) is 16.1. The van der Waals surface area contributed by atoms with Crippen molar-refractivity contribution in [2.24, 2.45) is 0 Å². The summed E-state index contributed by atoms with van der Waals surface area (Å²) in [6.07, 6.45) is 0. The summed E-state index contributed by atoms with van der Waals surface area (Å²) in [5.74, 6) is 1.57. The van der Waals surface area contributed by atoms with Crippen LogP contribution in [0.4, 0.5) is 34.1 Å². The zero-order chi connectivity index (χ0) is 42.4. The zero-order valence-electron chi connectivity index (χ0n) is 34.7. The Morgan fingerprint density at radius 1 is 0.344 bits per heavy atom. The van der Waals surface area contributed by atoms with Crippen molar-refractivity contribution in [3.63, 3.8) is 0 Å². The van der Waals surface area contributed by atoms with E-state index in [9.17, 15) is 0 Å². The van der Waals surface area contributed by atoms with Gasteiger partial charge in [-0.15, -0.1) is 0 Å². The van der Waals surface area contributed by atoms with Gasteiger partial charge in [-0.3, -0.25) is 0 Å². The van der Waals surface area contributed by atoms with Crippen LogP contribution in [0, 0.1) is 0 Å². The van der Waals surface area contributed by atoms with Gasteiger partial charge in [0.1, 0.15) is 11.2 Å². The fraction of sp³-hybridized carbons (Fsp3) is 0. The SMILES string of the molecule is c1ccc(-c2ccc(N(c3ccc(-c4ccc5c(c4)Oc4ccccc4N5c4cc(-c5ccccc5)nc(-c5ccccc5)c4)cc3)c3ccc4c(c3)oc3ccccc34)cc2)cc1. The van der Waals surface area contributed by atoms with E-state index in [4.69, 9.17) is 14.1 Å². The molecule has 0 atom stereocenters. The first-order chi connectivity index (χ1) is 31.7. The van der Waals surface area contributed by atoms with Gasteiger partial charge in [0.05, 0.1) is 28.5 Å². The van der Waals surface area contributed by atoms with Crippen LogP contribution in [0.3, 0.4) is 0 Å². The molecule has 5 heteroatoms. The first-order valence-electron chi connectivity index (χ1n) is 21.5. The fourth-order valence-electron chi connectivity index (χ4n) is 8.91. The maximum Gasteiger partial charge on any atom is 0.152 e. The predicted octanol–water partition coefficient (Wildman–Crippen LogP) is 16.7. The molecule has 0 N–H and O–H groups in total. The highest BCUT2D eigenvalue weighted by Gasteiger charge is 2.27. The fourth-order valence-corrected chi connectivity index (χ4v) is 8.91. The summed E-state index contributed by atoms with van der Waals surface area (Å²) in [5, 5.41) is 2.21. The average Bonchev–Trinajstić information content (AvgIpc) is 3.75. The molecule has 64 heavy (non-hydrogen) atoms. The smallest absolute Gasteiger partial charge is 0.152 e. The van der Waals surface area contributed by atoms with E-state index in [1.807, 2.05) is 42.5 Å². The van der Waals surface area contributed by atoms with Crippen molar-refractivity contribution in [3.8, 4) is 56.3 Å². The molecule has 3 heterocycles. The minimum atomic E-state index is 0.777. The molecule has 0 fully saturated rings. The first kappa shape index (κ1) is 37.1. The third-order valence-corrected chi connectivity index (χ3v) is 12.0. The Balaban J connectivity index is 0.929. The number of anilines is 6. The molecule has 1 aliphatic rings. The van der Waals surface area contributed by atoms with E-state index >= 15 is 0 Å². The van der Waals surface area contributed by atoms with E-state index in [0.29, 0.717) is 0 Å². The molecule has 0 radical (unpaired) electrons. The van der Waals surface area contributed by atoms with Crippen LogP contribution in [-0.2, 0) is 0 Å². The second-order valence-corrected chi connectivity index (χ2v) is 16.0. The molecule has 0 spiro atoms. The van der Waals surface area contributed by atoms with E-state index in [0.717, 1.165) is 101 Å². The monoisotopic (exact) mass is 821 g/mol. The number of furan rings is 1. The van der Waals surface area contributed by atoms with Gasteiger partial charge in [-0.05, 0) is 101 Å². The lowest BCUT2D eigenvalue weighted by atomic mass is 10.0. The van der Waals surface area contributed by atoms with Gasteiger partial charge in [0.25, 0.3) is 0 Å². The second kappa shape index (κ2) is 15.7. The number of ether oxygens (including phenoxy) is 1. The van der Waals surface area contributed by atoms with Crippen molar-refractivity contribution >= 4 is 56.1 Å². The van der Waals surface area contributed by atoms with Crippen LogP contribution in [0.25, 0.3) is 66.7 Å². The molecule has 0 saturated carbocycles. The van der Waals surface area contributed by atoms with Crippen LogP contribution >= 0.6 is 0 Å². The number of para-hydroxylation sites is 3. The Morgan fingerprint density at radius 3 is 1.52 bits per heavy atom. The quantitative estimate of drug-likeness (QED) is 0.153. The number of hydrogen-bond acceptors (Lipinski definition) is 5. The lowest BCUT2D eigenvalue weighted by Crippen LogP contribution is -2.16. The Morgan fingerprint density at radius 2 is 0.844 bits per heavy atom. The molecule has 0 bridgehead atoms. The molecule has 0 saturated heterocycles. The Hall–Kier alpha value is -8.67. The van der Waals surface area contributed by atoms with Crippen LogP contribution < -0.4 is 14.5 Å². The molecule has 12 rings (SSSR count). The molecule has 0 aliphatic carbocycles. The summed E-state index contributed by atoms with van der Waals surface area (Å²) in [7, 11) is 0. The third-order valence-electron chi connectivity index (χ3n) is 12.0. The molecule has 9 aromatic carbocycles. The van der Waals surface area contributed by atoms with E-state index in [1.165, 1.54) is 11.1 Å². The lowest BCUT2D eigenvalue weighted by molar-refractivity contribution is 0.477. The molecule has 11 aromatic rings. The summed E-state index contributed by atoms with van der Waals surface area (Å²) in [4.78, 5) is 9.75. The van der Waals surface area contributed by atoms with E-state index in [-0.39, 0.29) is 0 Å². The zero-order valence-corrected chi connectivity index (χ0v) is 34.7. The Kier molecular flexibility index (Phi) is 9.08. The van der Waals surface area contributed by atoms with E-state index < -0.39 is 0 Å². The minimum absolute atomic E-state index is 0.777. The molecule has 1 aliphatic heterocycles. The van der Waals surface area contributed by atoms with Gasteiger partial charge < -0.3 is 19.0 Å². The standard InChI is InChI=1S/C59H39N3O2/c1-4-14-40(15-5-1)41-24-29-46(30-25-41)61(48-33-34-51-50-20-10-12-22-56(50)63-58(51)39-48)47-31-26-42(27-32-47)45-28-35-55-59(36-45)64-57-23-13-11-21-54(57)62(55)49-37-52(43-16-6-2-7-17-43)60-53(38-49)44-18-8-3-9-19-44/h1-39H. The number of fused-ring (bicyclic) bond motifs is 5. The van der Waals surface area contributed by atoms with Crippen molar-refractivity contribution in [1.82, 2.24) is 4.98 Å². The summed E-state index contributed by atoms with van der Waals surface area (Å²) in [6.45, 7) is 0. The topological polar surface area (TPSA) is 41.7 Å². The Bertz CT molecular complexity index is 3400. The van der Waals surface area contributed by atoms with Crippen molar-refractivity contribution in [2.75, 3.05) is 9.80 Å². The van der Waals surface area contributed by atoms with Gasteiger partial charge >= 0.3 is 0 Å². The number of hydrogen-bond donors (Lipinski definition) is 0. The van der Waals surface area contributed by atoms with Crippen molar-refractivity contribution in [1.29, 1.82) is 0 Å². The maximum atomic E-state index is 6.72. The van der Waals surface area contributed by atoms with Gasteiger partial charge in [0, 0.05) is 45.0 Å².